The van der Waals surface area contributed by atoms with Crippen molar-refractivity contribution in [1.82, 2.24) is 0 Å². The molecule has 0 aromatic rings. The topological polar surface area (TPSA) is 37.3 Å². The van der Waals surface area contributed by atoms with Gasteiger partial charge < -0.3 is 5.11 Å². The maximum Gasteiger partial charge on any atom is 0.158 e. The van der Waals surface area contributed by atoms with Crippen molar-refractivity contribution < 1.29 is 9.90 Å². The Hall–Kier alpha value is -0.630. The third-order valence-electron chi connectivity index (χ3n) is 10.7. The van der Waals surface area contributed by atoms with E-state index in [-0.39, 0.29) is 11.3 Å². The Kier molecular flexibility index (Phi) is 5.35. The predicted molar refractivity (Wildman–Crippen MR) is 115 cm³/mol. The lowest BCUT2D eigenvalue weighted by Crippen LogP contribution is -2.54. The summed E-state index contributed by atoms with van der Waals surface area (Å²) in [5.41, 5.74) is 2.21. The fraction of sp³-hybridized carbons (Fsp3) is 0.885. The summed E-state index contributed by atoms with van der Waals surface area (Å²) in [6.07, 6.45) is 12.2. The van der Waals surface area contributed by atoms with Gasteiger partial charge in [-0.05, 0) is 104 Å². The second-order valence-corrected chi connectivity index (χ2v) is 11.4. The summed E-state index contributed by atoms with van der Waals surface area (Å²) in [6, 6.07) is 0. The highest BCUT2D eigenvalue weighted by atomic mass is 16.2. The third kappa shape index (κ3) is 2.80. The molecule has 0 amide bonds. The van der Waals surface area contributed by atoms with Crippen LogP contribution in [0.5, 0.6) is 0 Å². The van der Waals surface area contributed by atoms with Gasteiger partial charge in [-0.2, -0.15) is 0 Å². The molecule has 3 fully saturated rings. The highest BCUT2D eigenvalue weighted by Gasteiger charge is 2.61. The van der Waals surface area contributed by atoms with E-state index in [1.54, 1.807) is 0 Å². The van der Waals surface area contributed by atoms with Crippen LogP contribution in [0.15, 0.2) is 11.6 Å². The fourth-order valence-electron chi connectivity index (χ4n) is 8.78. The van der Waals surface area contributed by atoms with Crippen LogP contribution in [0.25, 0.3) is 0 Å². The smallest absolute Gasteiger partial charge is 0.158 e. The van der Waals surface area contributed by atoms with Crippen LogP contribution in [0.1, 0.15) is 86.0 Å². The summed E-state index contributed by atoms with van der Waals surface area (Å²) in [4.78, 5) is 12.5. The van der Waals surface area contributed by atoms with Gasteiger partial charge in [0.25, 0.3) is 0 Å². The molecule has 158 valence electrons. The molecule has 4 aliphatic rings. The van der Waals surface area contributed by atoms with Crippen LogP contribution in [0.4, 0.5) is 0 Å². The number of rotatable bonds is 4. The summed E-state index contributed by atoms with van der Waals surface area (Å²) >= 11 is 0. The Morgan fingerprint density at radius 1 is 1.14 bits per heavy atom. The van der Waals surface area contributed by atoms with Crippen molar-refractivity contribution in [3.8, 4) is 0 Å². The third-order valence-corrected chi connectivity index (χ3v) is 10.7. The zero-order valence-electron chi connectivity index (χ0n) is 18.8. The fourth-order valence-corrected chi connectivity index (χ4v) is 8.78. The van der Waals surface area contributed by atoms with Gasteiger partial charge in [-0.25, -0.2) is 0 Å². The van der Waals surface area contributed by atoms with Gasteiger partial charge in [0.15, 0.2) is 5.78 Å². The number of allylic oxidation sites excluding steroid dienone is 1. The Bertz CT molecular complexity index is 651. The van der Waals surface area contributed by atoms with Crippen molar-refractivity contribution in [2.75, 3.05) is 6.61 Å². The van der Waals surface area contributed by atoms with Gasteiger partial charge in [-0.15, -0.1) is 0 Å². The molecule has 4 aliphatic carbocycles. The standard InChI is InChI=1S/C26H42O2/c1-16(7-6-14-27)21-10-11-22-20-9-8-19-15-24(28)17(2)18(3)26(19,5)23(20)12-13-25(21,22)4/h15-18,20-23,27H,6-14H2,1-5H3/t16?,17?,18?,20-,21+,22-,23+,25+,26+/m0/s1. The van der Waals surface area contributed by atoms with Crippen LogP contribution in [0, 0.1) is 52.3 Å². The molecule has 2 heteroatoms. The quantitative estimate of drug-likeness (QED) is 0.640. The molecule has 0 aromatic carbocycles. The van der Waals surface area contributed by atoms with Crippen LogP contribution < -0.4 is 0 Å². The van der Waals surface area contributed by atoms with Crippen LogP contribution in [0.2, 0.25) is 0 Å². The highest BCUT2D eigenvalue weighted by molar-refractivity contribution is 5.93. The van der Waals surface area contributed by atoms with Gasteiger partial charge >= 0.3 is 0 Å². The van der Waals surface area contributed by atoms with E-state index in [2.05, 4.69) is 40.7 Å². The van der Waals surface area contributed by atoms with Crippen LogP contribution >= 0.6 is 0 Å². The number of hydrogen-bond acceptors (Lipinski definition) is 2. The lowest BCUT2D eigenvalue weighted by atomic mass is 9.43. The van der Waals surface area contributed by atoms with Crippen LogP contribution in [0.3, 0.4) is 0 Å². The molecule has 1 N–H and O–H groups in total. The molecule has 0 saturated heterocycles. The van der Waals surface area contributed by atoms with Crippen molar-refractivity contribution in [1.29, 1.82) is 0 Å². The molecular formula is C26H42O2. The molecular weight excluding hydrogens is 344 g/mol. The van der Waals surface area contributed by atoms with E-state index in [0.29, 0.717) is 23.7 Å². The lowest BCUT2D eigenvalue weighted by Gasteiger charge is -2.61. The first-order valence-corrected chi connectivity index (χ1v) is 12.1. The van der Waals surface area contributed by atoms with Gasteiger partial charge in [0.1, 0.15) is 0 Å². The Labute approximate surface area is 172 Å². The SMILES string of the molecule is CC1C(=O)C=C2CC[C@@H]3[C@@H](CC[C@]4(C)[C@@H](C(C)CCCO)CC[C@@H]34)[C@]2(C)C1C. The first-order valence-electron chi connectivity index (χ1n) is 12.1. The normalized spacial score (nSPS) is 49.1. The second-order valence-electron chi connectivity index (χ2n) is 11.4. The van der Waals surface area contributed by atoms with E-state index in [9.17, 15) is 9.90 Å². The summed E-state index contributed by atoms with van der Waals surface area (Å²) in [5.74, 6) is 5.07. The molecule has 0 spiro atoms. The zero-order chi connectivity index (χ0) is 20.3. The van der Waals surface area contributed by atoms with Crippen molar-refractivity contribution in [3.63, 3.8) is 0 Å². The summed E-state index contributed by atoms with van der Waals surface area (Å²) in [6.45, 7) is 12.4. The van der Waals surface area contributed by atoms with E-state index < -0.39 is 0 Å². The average Bonchev–Trinajstić information content (AvgIpc) is 3.03. The van der Waals surface area contributed by atoms with Crippen molar-refractivity contribution in [3.05, 3.63) is 11.6 Å². The maximum absolute atomic E-state index is 12.5. The minimum Gasteiger partial charge on any atom is -0.396 e. The largest absolute Gasteiger partial charge is 0.396 e. The van der Waals surface area contributed by atoms with Crippen molar-refractivity contribution in [2.24, 2.45) is 52.3 Å². The Morgan fingerprint density at radius 3 is 2.61 bits per heavy atom. The minimum absolute atomic E-state index is 0.177. The first kappa shape index (κ1) is 20.6. The molecule has 0 aromatic heterocycles. The molecule has 4 rings (SSSR count). The highest BCUT2D eigenvalue weighted by Crippen LogP contribution is 2.68. The predicted octanol–water partition coefficient (Wildman–Crippen LogP) is 6.04. The molecule has 0 radical (unpaired) electrons. The van der Waals surface area contributed by atoms with E-state index in [1.807, 2.05) is 0 Å². The van der Waals surface area contributed by atoms with Crippen LogP contribution in [-0.4, -0.2) is 17.5 Å². The Morgan fingerprint density at radius 2 is 1.89 bits per heavy atom. The van der Waals surface area contributed by atoms with E-state index in [0.717, 1.165) is 42.4 Å². The van der Waals surface area contributed by atoms with E-state index >= 15 is 0 Å². The molecule has 9 atom stereocenters. The van der Waals surface area contributed by atoms with Gasteiger partial charge in [0.05, 0.1) is 0 Å². The summed E-state index contributed by atoms with van der Waals surface area (Å²) < 4.78 is 0. The van der Waals surface area contributed by atoms with Crippen molar-refractivity contribution >= 4 is 5.78 Å². The van der Waals surface area contributed by atoms with Gasteiger partial charge in [0.2, 0.25) is 0 Å². The van der Waals surface area contributed by atoms with Gasteiger partial charge in [-0.1, -0.05) is 40.2 Å². The minimum atomic E-state index is 0.177. The first-order chi connectivity index (χ1) is 13.2. The van der Waals surface area contributed by atoms with E-state index in [1.165, 1.54) is 44.1 Å². The average molecular weight is 387 g/mol. The monoisotopic (exact) mass is 386 g/mol. The van der Waals surface area contributed by atoms with Crippen LogP contribution in [-0.2, 0) is 4.79 Å². The number of aliphatic hydroxyl groups is 1. The molecule has 3 unspecified atom stereocenters. The molecule has 0 heterocycles. The number of carbonyl (C=O) groups is 1. The zero-order valence-corrected chi connectivity index (χ0v) is 18.8. The number of ketones is 1. The number of fused-ring (bicyclic) bond motifs is 5. The van der Waals surface area contributed by atoms with Gasteiger partial charge in [-0.3, -0.25) is 4.79 Å². The number of carbonyl (C=O) groups excluding carboxylic acids is 1. The van der Waals surface area contributed by atoms with Crippen molar-refractivity contribution in [2.45, 2.75) is 86.0 Å². The van der Waals surface area contributed by atoms with E-state index in [4.69, 9.17) is 0 Å². The molecule has 2 nitrogen and oxygen atoms in total. The maximum atomic E-state index is 12.5. The summed E-state index contributed by atoms with van der Waals surface area (Å²) in [5, 5.41) is 9.28. The Balaban J connectivity index is 1.61. The number of hydrogen-bond donors (Lipinski definition) is 1. The molecule has 28 heavy (non-hydrogen) atoms. The molecule has 0 bridgehead atoms. The summed E-state index contributed by atoms with van der Waals surface area (Å²) in [7, 11) is 0. The second kappa shape index (κ2) is 7.25. The number of aliphatic hydroxyl groups excluding tert-OH is 1. The van der Waals surface area contributed by atoms with Gasteiger partial charge in [0, 0.05) is 12.5 Å². The molecule has 0 aliphatic heterocycles. The molecule has 3 saturated carbocycles. The lowest BCUT2D eigenvalue weighted by molar-refractivity contribution is -0.127.